The average molecular weight is 264 g/mol. The fourth-order valence-corrected chi connectivity index (χ4v) is 1.92. The first-order valence-corrected chi connectivity index (χ1v) is 5.97. The molecule has 0 fully saturated rings. The van der Waals surface area contributed by atoms with E-state index in [1.54, 1.807) is 28.9 Å². The monoisotopic (exact) mass is 263 g/mol. The third-order valence-corrected chi connectivity index (χ3v) is 2.88. The van der Waals surface area contributed by atoms with Crippen LogP contribution in [-0.2, 0) is 13.6 Å². The first-order valence-electron chi connectivity index (χ1n) is 5.59. The van der Waals surface area contributed by atoms with Crippen LogP contribution in [0.1, 0.15) is 21.6 Å². The van der Waals surface area contributed by atoms with Gasteiger partial charge in [-0.2, -0.15) is 5.10 Å². The van der Waals surface area contributed by atoms with Crippen molar-refractivity contribution in [3.05, 3.63) is 52.3 Å². The van der Waals surface area contributed by atoms with E-state index >= 15 is 0 Å². The fraction of sp³-hybridized carbons (Fsp3) is 0.231. The van der Waals surface area contributed by atoms with E-state index < -0.39 is 0 Å². The van der Waals surface area contributed by atoms with Gasteiger partial charge in [-0.05, 0) is 25.1 Å². The zero-order valence-corrected chi connectivity index (χ0v) is 11.0. The average Bonchev–Trinajstić information content (AvgIpc) is 2.65. The summed E-state index contributed by atoms with van der Waals surface area (Å²) in [5.74, 6) is -0.138. The van der Waals surface area contributed by atoms with Crippen LogP contribution in [-0.4, -0.2) is 15.7 Å². The summed E-state index contributed by atoms with van der Waals surface area (Å²) in [7, 11) is 1.86. The van der Waals surface area contributed by atoms with Crippen molar-refractivity contribution in [1.82, 2.24) is 15.1 Å². The van der Waals surface area contributed by atoms with E-state index in [0.29, 0.717) is 17.1 Å². The van der Waals surface area contributed by atoms with E-state index in [0.717, 1.165) is 11.3 Å². The quantitative estimate of drug-likeness (QED) is 0.924. The van der Waals surface area contributed by atoms with E-state index in [1.165, 1.54) is 0 Å². The normalized spacial score (nSPS) is 10.4. The molecule has 1 aromatic carbocycles. The van der Waals surface area contributed by atoms with Crippen LogP contribution in [0.2, 0.25) is 5.02 Å². The van der Waals surface area contributed by atoms with Crippen molar-refractivity contribution in [3.63, 3.8) is 0 Å². The Labute approximate surface area is 111 Å². The second-order valence-corrected chi connectivity index (χ2v) is 4.54. The lowest BCUT2D eigenvalue weighted by Gasteiger charge is -2.04. The number of aryl methyl sites for hydroxylation is 2. The Kier molecular flexibility index (Phi) is 3.67. The summed E-state index contributed by atoms with van der Waals surface area (Å²) in [6.07, 6.45) is 1.90. The van der Waals surface area contributed by atoms with E-state index in [4.69, 9.17) is 11.6 Å². The van der Waals surface area contributed by atoms with Crippen LogP contribution in [0.3, 0.4) is 0 Å². The van der Waals surface area contributed by atoms with Crippen LogP contribution >= 0.6 is 11.6 Å². The predicted octanol–water partition coefficient (Wildman–Crippen LogP) is 2.31. The number of rotatable bonds is 3. The Bertz CT molecular complexity index is 577. The molecule has 1 amide bonds. The van der Waals surface area contributed by atoms with Crippen molar-refractivity contribution in [3.8, 4) is 0 Å². The highest BCUT2D eigenvalue weighted by Crippen LogP contribution is 2.11. The molecular weight excluding hydrogens is 250 g/mol. The Morgan fingerprint density at radius 1 is 1.50 bits per heavy atom. The number of halogens is 1. The van der Waals surface area contributed by atoms with Crippen molar-refractivity contribution in [2.75, 3.05) is 0 Å². The second kappa shape index (κ2) is 5.23. The van der Waals surface area contributed by atoms with Gasteiger partial charge in [0.25, 0.3) is 5.91 Å². The van der Waals surface area contributed by atoms with Crippen LogP contribution in [0.4, 0.5) is 0 Å². The first-order chi connectivity index (χ1) is 8.56. The number of hydrogen-bond donors (Lipinski definition) is 1. The van der Waals surface area contributed by atoms with Gasteiger partial charge in [-0.25, -0.2) is 0 Å². The highest BCUT2D eigenvalue weighted by Gasteiger charge is 2.08. The number of carbonyl (C=O) groups is 1. The van der Waals surface area contributed by atoms with Crippen LogP contribution in [0.5, 0.6) is 0 Å². The molecule has 5 heteroatoms. The van der Waals surface area contributed by atoms with Crippen LogP contribution < -0.4 is 5.32 Å². The smallest absolute Gasteiger partial charge is 0.251 e. The van der Waals surface area contributed by atoms with Gasteiger partial charge in [-0.1, -0.05) is 17.7 Å². The van der Waals surface area contributed by atoms with Gasteiger partial charge in [0.1, 0.15) is 0 Å². The number of nitrogens with zero attached hydrogens (tertiary/aromatic N) is 2. The lowest BCUT2D eigenvalue weighted by atomic mass is 10.2. The third-order valence-electron chi connectivity index (χ3n) is 2.64. The standard InChI is InChI=1S/C13H14ClN3O/c1-9-11(8-17(2)16-9)7-15-13(18)10-4-3-5-12(14)6-10/h3-6,8H,7H2,1-2H3,(H,15,18). The highest BCUT2D eigenvalue weighted by molar-refractivity contribution is 6.30. The van der Waals surface area contributed by atoms with Crippen LogP contribution in [0.25, 0.3) is 0 Å². The summed E-state index contributed by atoms with van der Waals surface area (Å²) in [6, 6.07) is 6.88. The Balaban J connectivity index is 2.02. The van der Waals surface area contributed by atoms with Gasteiger partial charge in [0.15, 0.2) is 0 Å². The molecule has 0 saturated heterocycles. The Hall–Kier alpha value is -1.81. The molecule has 1 aromatic heterocycles. The highest BCUT2D eigenvalue weighted by atomic mass is 35.5. The van der Waals surface area contributed by atoms with Gasteiger partial charge < -0.3 is 5.32 Å². The minimum Gasteiger partial charge on any atom is -0.348 e. The Morgan fingerprint density at radius 3 is 2.89 bits per heavy atom. The zero-order valence-electron chi connectivity index (χ0n) is 10.3. The SMILES string of the molecule is Cc1nn(C)cc1CNC(=O)c1cccc(Cl)c1. The maximum Gasteiger partial charge on any atom is 0.251 e. The molecule has 0 bridgehead atoms. The molecule has 94 valence electrons. The van der Waals surface area contributed by atoms with Crippen LogP contribution in [0.15, 0.2) is 30.5 Å². The number of hydrogen-bond acceptors (Lipinski definition) is 2. The predicted molar refractivity (Wildman–Crippen MR) is 70.6 cm³/mol. The van der Waals surface area contributed by atoms with Gasteiger partial charge in [-0.3, -0.25) is 9.48 Å². The maximum atomic E-state index is 11.9. The first kappa shape index (κ1) is 12.6. The minimum absolute atomic E-state index is 0.138. The third kappa shape index (κ3) is 2.90. The lowest BCUT2D eigenvalue weighted by Crippen LogP contribution is -2.22. The molecule has 0 spiro atoms. The summed E-state index contributed by atoms with van der Waals surface area (Å²) in [5, 5.41) is 7.62. The molecule has 0 aliphatic carbocycles. The maximum absolute atomic E-state index is 11.9. The molecule has 0 radical (unpaired) electrons. The van der Waals surface area contributed by atoms with Crippen molar-refractivity contribution >= 4 is 17.5 Å². The molecule has 2 rings (SSSR count). The molecule has 18 heavy (non-hydrogen) atoms. The van der Waals surface area contributed by atoms with Gasteiger partial charge in [0.2, 0.25) is 0 Å². The van der Waals surface area contributed by atoms with Gasteiger partial charge in [0.05, 0.1) is 5.69 Å². The summed E-state index contributed by atoms with van der Waals surface area (Å²) in [4.78, 5) is 11.9. The lowest BCUT2D eigenvalue weighted by molar-refractivity contribution is 0.0951. The minimum atomic E-state index is -0.138. The molecule has 0 aliphatic heterocycles. The summed E-state index contributed by atoms with van der Waals surface area (Å²) >= 11 is 5.84. The van der Waals surface area contributed by atoms with Crippen molar-refractivity contribution in [1.29, 1.82) is 0 Å². The Morgan fingerprint density at radius 2 is 2.28 bits per heavy atom. The zero-order chi connectivity index (χ0) is 13.1. The van der Waals surface area contributed by atoms with Gasteiger partial charge >= 0.3 is 0 Å². The van der Waals surface area contributed by atoms with Gasteiger partial charge in [0, 0.05) is 35.9 Å². The second-order valence-electron chi connectivity index (χ2n) is 4.11. The number of aromatic nitrogens is 2. The van der Waals surface area contributed by atoms with Crippen LogP contribution in [0, 0.1) is 6.92 Å². The number of nitrogens with one attached hydrogen (secondary N) is 1. The molecule has 0 aliphatic rings. The molecule has 0 atom stereocenters. The molecular formula is C13H14ClN3O. The van der Waals surface area contributed by atoms with E-state index in [1.807, 2.05) is 20.2 Å². The molecule has 0 saturated carbocycles. The topological polar surface area (TPSA) is 46.9 Å². The molecule has 1 N–H and O–H groups in total. The molecule has 0 unspecified atom stereocenters. The molecule has 4 nitrogen and oxygen atoms in total. The van der Waals surface area contributed by atoms with Crippen molar-refractivity contribution in [2.24, 2.45) is 7.05 Å². The number of amides is 1. The largest absolute Gasteiger partial charge is 0.348 e. The van der Waals surface area contributed by atoms with Crippen molar-refractivity contribution < 1.29 is 4.79 Å². The molecule has 1 heterocycles. The number of benzene rings is 1. The van der Waals surface area contributed by atoms with E-state index in [2.05, 4.69) is 10.4 Å². The van der Waals surface area contributed by atoms with E-state index in [-0.39, 0.29) is 5.91 Å². The van der Waals surface area contributed by atoms with E-state index in [9.17, 15) is 4.79 Å². The summed E-state index contributed by atoms with van der Waals surface area (Å²) < 4.78 is 1.73. The molecule has 2 aromatic rings. The van der Waals surface area contributed by atoms with Crippen molar-refractivity contribution in [2.45, 2.75) is 13.5 Å². The number of carbonyl (C=O) groups excluding carboxylic acids is 1. The summed E-state index contributed by atoms with van der Waals surface area (Å²) in [5.41, 5.74) is 2.49. The summed E-state index contributed by atoms with van der Waals surface area (Å²) in [6.45, 7) is 2.38. The fourth-order valence-electron chi connectivity index (χ4n) is 1.73. The van der Waals surface area contributed by atoms with Gasteiger partial charge in [-0.15, -0.1) is 0 Å².